The minimum absolute atomic E-state index is 0.225. The second-order valence-electron chi connectivity index (χ2n) is 4.43. The molecule has 0 bridgehead atoms. The van der Waals surface area contributed by atoms with Crippen LogP contribution in [0, 0.1) is 11.3 Å². The van der Waals surface area contributed by atoms with Crippen LogP contribution in [-0.4, -0.2) is 30.8 Å². The summed E-state index contributed by atoms with van der Waals surface area (Å²) in [6.07, 6.45) is 3.41. The molecule has 0 heterocycles. The van der Waals surface area contributed by atoms with Gasteiger partial charge in [-0.05, 0) is 12.8 Å². The van der Waals surface area contributed by atoms with E-state index in [0.29, 0.717) is 12.8 Å². The summed E-state index contributed by atoms with van der Waals surface area (Å²) in [4.78, 5) is 10.8. The molecule has 0 aliphatic heterocycles. The molecule has 0 saturated heterocycles. The lowest BCUT2D eigenvalue weighted by molar-refractivity contribution is -0.138. The number of nitriles is 1. The number of nitrogens with one attached hydrogen (secondary N) is 1. The van der Waals surface area contributed by atoms with Crippen LogP contribution in [0.1, 0.15) is 38.5 Å². The molecule has 17 heavy (non-hydrogen) atoms. The number of aliphatic carboxylic acids is 1. The van der Waals surface area contributed by atoms with Gasteiger partial charge >= 0.3 is 5.97 Å². The monoisotopic (exact) mass is 260 g/mol. The quantitative estimate of drug-likeness (QED) is 0.753. The lowest BCUT2D eigenvalue weighted by Crippen LogP contribution is -2.51. The molecule has 96 valence electrons. The van der Waals surface area contributed by atoms with Crippen molar-refractivity contribution in [3.8, 4) is 6.07 Å². The Morgan fingerprint density at radius 1 is 1.35 bits per heavy atom. The predicted molar refractivity (Wildman–Crippen MR) is 60.6 cm³/mol. The zero-order valence-corrected chi connectivity index (χ0v) is 10.3. The Labute approximate surface area is 101 Å². The normalized spacial score (nSPS) is 19.5. The van der Waals surface area contributed by atoms with E-state index in [4.69, 9.17) is 10.4 Å². The van der Waals surface area contributed by atoms with E-state index < -0.39 is 27.3 Å². The number of sulfonamides is 1. The maximum atomic E-state index is 11.6. The number of rotatable bonds is 5. The van der Waals surface area contributed by atoms with Crippen LogP contribution in [0.2, 0.25) is 0 Å². The summed E-state index contributed by atoms with van der Waals surface area (Å²) in [5.74, 6) is -1.65. The number of carbonyl (C=O) groups is 1. The molecule has 1 aliphatic rings. The molecule has 0 aromatic carbocycles. The number of carboxylic acid groups (broad SMARTS) is 1. The van der Waals surface area contributed by atoms with Crippen molar-refractivity contribution >= 4 is 16.0 Å². The largest absolute Gasteiger partial charge is 0.481 e. The van der Waals surface area contributed by atoms with Crippen molar-refractivity contribution in [2.45, 2.75) is 44.1 Å². The molecule has 1 aliphatic carbocycles. The third-order valence-electron chi connectivity index (χ3n) is 2.93. The third kappa shape index (κ3) is 4.32. The van der Waals surface area contributed by atoms with Gasteiger partial charge in [-0.25, -0.2) is 13.1 Å². The van der Waals surface area contributed by atoms with Crippen LogP contribution in [-0.2, 0) is 14.8 Å². The van der Waals surface area contributed by atoms with Crippen LogP contribution in [0.15, 0.2) is 0 Å². The van der Waals surface area contributed by atoms with Crippen molar-refractivity contribution in [1.82, 2.24) is 4.72 Å². The predicted octanol–water partition coefficient (Wildman–Crippen LogP) is 0.607. The van der Waals surface area contributed by atoms with Crippen molar-refractivity contribution in [3.63, 3.8) is 0 Å². The Kier molecular flexibility index (Phi) is 4.48. The second kappa shape index (κ2) is 5.47. The van der Waals surface area contributed by atoms with Gasteiger partial charge in [0.15, 0.2) is 5.75 Å². The first-order valence-corrected chi connectivity index (χ1v) is 7.15. The molecule has 0 unspecified atom stereocenters. The Hall–Kier alpha value is -1.13. The summed E-state index contributed by atoms with van der Waals surface area (Å²) in [5.41, 5.74) is -0.903. The molecule has 6 nitrogen and oxygen atoms in total. The summed E-state index contributed by atoms with van der Waals surface area (Å²) in [6, 6.07) is 1.57. The average molecular weight is 260 g/mol. The van der Waals surface area contributed by atoms with Crippen LogP contribution in [0.5, 0.6) is 0 Å². The van der Waals surface area contributed by atoms with Crippen molar-refractivity contribution in [3.05, 3.63) is 0 Å². The highest BCUT2D eigenvalue weighted by molar-refractivity contribution is 7.89. The molecule has 0 radical (unpaired) electrons. The van der Waals surface area contributed by atoms with E-state index in [-0.39, 0.29) is 6.42 Å². The van der Waals surface area contributed by atoms with Gasteiger partial charge < -0.3 is 5.11 Å². The van der Waals surface area contributed by atoms with E-state index in [1.54, 1.807) is 6.07 Å². The Balaban J connectivity index is 2.84. The van der Waals surface area contributed by atoms with E-state index >= 15 is 0 Å². The highest BCUT2D eigenvalue weighted by atomic mass is 32.2. The molecule has 0 atom stereocenters. The van der Waals surface area contributed by atoms with Crippen LogP contribution in [0.3, 0.4) is 0 Å². The van der Waals surface area contributed by atoms with Gasteiger partial charge in [-0.1, -0.05) is 19.3 Å². The van der Waals surface area contributed by atoms with E-state index in [9.17, 15) is 13.2 Å². The van der Waals surface area contributed by atoms with Crippen LogP contribution in [0.4, 0.5) is 0 Å². The van der Waals surface area contributed by atoms with Crippen LogP contribution in [0.25, 0.3) is 0 Å². The third-order valence-corrected chi connectivity index (χ3v) is 4.18. The number of nitrogens with zero attached hydrogens (tertiary/aromatic N) is 1. The summed E-state index contributed by atoms with van der Waals surface area (Å²) < 4.78 is 25.5. The minimum Gasteiger partial charge on any atom is -0.481 e. The van der Waals surface area contributed by atoms with Gasteiger partial charge in [0.1, 0.15) is 0 Å². The topological polar surface area (TPSA) is 107 Å². The maximum Gasteiger partial charge on any atom is 0.305 e. The highest BCUT2D eigenvalue weighted by Gasteiger charge is 2.37. The molecular formula is C10H16N2O4S. The van der Waals surface area contributed by atoms with Gasteiger partial charge in [-0.3, -0.25) is 4.79 Å². The van der Waals surface area contributed by atoms with Crippen molar-refractivity contribution in [2.75, 3.05) is 5.75 Å². The highest BCUT2D eigenvalue weighted by Crippen LogP contribution is 2.31. The molecule has 2 N–H and O–H groups in total. The molecule has 1 rings (SSSR count). The molecule has 1 fully saturated rings. The van der Waals surface area contributed by atoms with E-state index in [2.05, 4.69) is 4.72 Å². The molecular weight excluding hydrogens is 244 g/mol. The van der Waals surface area contributed by atoms with Gasteiger partial charge in [0.05, 0.1) is 12.5 Å². The number of hydrogen-bond acceptors (Lipinski definition) is 4. The fourth-order valence-electron chi connectivity index (χ4n) is 2.28. The molecule has 0 aromatic rings. The van der Waals surface area contributed by atoms with Gasteiger partial charge in [-0.15, -0.1) is 0 Å². The van der Waals surface area contributed by atoms with Gasteiger partial charge in [0, 0.05) is 5.54 Å². The standard InChI is InChI=1S/C10H16N2O4S/c11-6-7-17(15,16)12-10(8-9(13)14)4-2-1-3-5-10/h12H,1-5,7-8H2,(H,13,14). The fraction of sp³-hybridized carbons (Fsp3) is 0.800. The van der Waals surface area contributed by atoms with E-state index in [1.807, 2.05) is 0 Å². The van der Waals surface area contributed by atoms with Crippen LogP contribution >= 0.6 is 0 Å². The van der Waals surface area contributed by atoms with Crippen molar-refractivity contribution in [2.24, 2.45) is 0 Å². The van der Waals surface area contributed by atoms with Gasteiger partial charge in [0.25, 0.3) is 0 Å². The smallest absolute Gasteiger partial charge is 0.305 e. The Morgan fingerprint density at radius 3 is 2.41 bits per heavy atom. The molecule has 0 aromatic heterocycles. The lowest BCUT2D eigenvalue weighted by atomic mass is 9.80. The van der Waals surface area contributed by atoms with Gasteiger partial charge in [0.2, 0.25) is 10.0 Å². The molecule has 1 saturated carbocycles. The van der Waals surface area contributed by atoms with E-state index in [0.717, 1.165) is 19.3 Å². The minimum atomic E-state index is -3.71. The fourth-order valence-corrected chi connectivity index (χ4v) is 3.46. The van der Waals surface area contributed by atoms with Gasteiger partial charge in [-0.2, -0.15) is 5.26 Å². The first kappa shape index (κ1) is 13.9. The Morgan fingerprint density at radius 2 is 1.94 bits per heavy atom. The zero-order valence-electron chi connectivity index (χ0n) is 9.48. The van der Waals surface area contributed by atoms with Crippen LogP contribution < -0.4 is 4.72 Å². The van der Waals surface area contributed by atoms with Crippen molar-refractivity contribution < 1.29 is 18.3 Å². The molecule has 7 heteroatoms. The van der Waals surface area contributed by atoms with Crippen molar-refractivity contribution in [1.29, 1.82) is 5.26 Å². The summed E-state index contributed by atoms with van der Waals surface area (Å²) >= 11 is 0. The Bertz CT molecular complexity index is 418. The zero-order chi connectivity index (χ0) is 12.9. The SMILES string of the molecule is N#CCS(=O)(=O)NC1(CC(=O)O)CCCCC1. The second-order valence-corrected chi connectivity index (χ2v) is 6.15. The van der Waals surface area contributed by atoms with E-state index in [1.165, 1.54) is 0 Å². The summed E-state index contributed by atoms with van der Waals surface area (Å²) in [6.45, 7) is 0. The number of hydrogen-bond donors (Lipinski definition) is 2. The lowest BCUT2D eigenvalue weighted by Gasteiger charge is -2.36. The maximum absolute atomic E-state index is 11.6. The average Bonchev–Trinajstić information content (AvgIpc) is 2.15. The first-order chi connectivity index (χ1) is 7.89. The molecule has 0 spiro atoms. The first-order valence-electron chi connectivity index (χ1n) is 5.50. The summed E-state index contributed by atoms with van der Waals surface area (Å²) in [5, 5.41) is 17.3. The molecule has 0 amide bonds. The summed E-state index contributed by atoms with van der Waals surface area (Å²) in [7, 11) is -3.71. The number of carboxylic acids is 1.